The van der Waals surface area contributed by atoms with Crippen molar-refractivity contribution in [2.45, 2.75) is 19.4 Å². The topological polar surface area (TPSA) is 43.8 Å². The fourth-order valence-electron chi connectivity index (χ4n) is 1.01. The van der Waals surface area contributed by atoms with Crippen LogP contribution in [0.4, 0.5) is 0 Å². The summed E-state index contributed by atoms with van der Waals surface area (Å²) in [4.78, 5) is 14.9. The first-order valence-electron chi connectivity index (χ1n) is 4.50. The van der Waals surface area contributed by atoms with Crippen molar-refractivity contribution < 1.29 is 9.90 Å². The third kappa shape index (κ3) is 6.54. The van der Waals surface area contributed by atoms with E-state index in [4.69, 9.17) is 5.11 Å². The standard InChI is InChI=1S/C9H20N2O2/c1-8(12)7-11(4)9(13)5-6-10(2)3/h8,12H,5-7H2,1-4H3. The smallest absolute Gasteiger partial charge is 0.223 e. The second-order valence-corrected chi connectivity index (χ2v) is 3.68. The molecule has 0 saturated carbocycles. The minimum atomic E-state index is -0.451. The number of hydrogen-bond donors (Lipinski definition) is 1. The number of rotatable bonds is 5. The number of amides is 1. The molecule has 0 aliphatic heterocycles. The zero-order valence-electron chi connectivity index (χ0n) is 8.95. The van der Waals surface area contributed by atoms with Gasteiger partial charge in [0.1, 0.15) is 0 Å². The molecule has 78 valence electrons. The van der Waals surface area contributed by atoms with E-state index in [1.807, 2.05) is 19.0 Å². The van der Waals surface area contributed by atoms with Crippen LogP contribution in [0, 0.1) is 0 Å². The fourth-order valence-corrected chi connectivity index (χ4v) is 1.01. The van der Waals surface area contributed by atoms with Gasteiger partial charge in [-0.2, -0.15) is 0 Å². The van der Waals surface area contributed by atoms with Gasteiger partial charge in [-0.3, -0.25) is 4.79 Å². The number of carbonyl (C=O) groups excluding carboxylic acids is 1. The zero-order chi connectivity index (χ0) is 10.4. The summed E-state index contributed by atoms with van der Waals surface area (Å²) in [7, 11) is 5.58. The minimum Gasteiger partial charge on any atom is -0.392 e. The van der Waals surface area contributed by atoms with Crippen LogP contribution in [-0.4, -0.2) is 61.2 Å². The SMILES string of the molecule is CC(O)CN(C)C(=O)CCN(C)C. The predicted octanol–water partition coefficient (Wildman–Crippen LogP) is -0.223. The first kappa shape index (κ1) is 12.4. The third-order valence-electron chi connectivity index (χ3n) is 1.74. The summed E-state index contributed by atoms with van der Waals surface area (Å²) in [5.41, 5.74) is 0. The van der Waals surface area contributed by atoms with E-state index in [0.717, 1.165) is 6.54 Å². The van der Waals surface area contributed by atoms with Crippen LogP contribution in [0.25, 0.3) is 0 Å². The molecule has 4 nitrogen and oxygen atoms in total. The maximum Gasteiger partial charge on any atom is 0.223 e. The van der Waals surface area contributed by atoms with E-state index in [0.29, 0.717) is 13.0 Å². The Bertz CT molecular complexity index is 158. The second kappa shape index (κ2) is 5.94. The van der Waals surface area contributed by atoms with Gasteiger partial charge >= 0.3 is 0 Å². The van der Waals surface area contributed by atoms with Gasteiger partial charge in [-0.05, 0) is 21.0 Å². The van der Waals surface area contributed by atoms with Gasteiger partial charge in [-0.1, -0.05) is 0 Å². The average molecular weight is 188 g/mol. The van der Waals surface area contributed by atoms with Crippen molar-refractivity contribution in [3.8, 4) is 0 Å². The minimum absolute atomic E-state index is 0.0783. The van der Waals surface area contributed by atoms with Crippen LogP contribution in [0.3, 0.4) is 0 Å². The maximum atomic E-state index is 11.4. The number of carbonyl (C=O) groups is 1. The molecule has 0 aliphatic carbocycles. The number of aliphatic hydroxyl groups excluding tert-OH is 1. The molecule has 1 amide bonds. The van der Waals surface area contributed by atoms with E-state index in [9.17, 15) is 4.79 Å². The lowest BCUT2D eigenvalue weighted by atomic mass is 10.3. The van der Waals surface area contributed by atoms with Crippen molar-refractivity contribution in [3.63, 3.8) is 0 Å². The zero-order valence-corrected chi connectivity index (χ0v) is 8.95. The van der Waals surface area contributed by atoms with Gasteiger partial charge in [-0.25, -0.2) is 0 Å². The van der Waals surface area contributed by atoms with E-state index in [1.165, 1.54) is 0 Å². The molecule has 1 unspecified atom stereocenters. The Labute approximate surface area is 80.1 Å². The Morgan fingerprint density at radius 2 is 1.92 bits per heavy atom. The molecule has 0 fully saturated rings. The molecule has 0 aliphatic rings. The Morgan fingerprint density at radius 1 is 1.38 bits per heavy atom. The largest absolute Gasteiger partial charge is 0.392 e. The number of hydrogen-bond acceptors (Lipinski definition) is 3. The first-order valence-corrected chi connectivity index (χ1v) is 4.50. The van der Waals surface area contributed by atoms with Gasteiger partial charge in [0.2, 0.25) is 5.91 Å². The van der Waals surface area contributed by atoms with Crippen LogP contribution in [0.1, 0.15) is 13.3 Å². The number of likely N-dealkylation sites (N-methyl/N-ethyl adjacent to an activating group) is 1. The molecule has 0 spiro atoms. The summed E-state index contributed by atoms with van der Waals surface area (Å²) in [5.74, 6) is 0.0783. The lowest BCUT2D eigenvalue weighted by molar-refractivity contribution is -0.131. The van der Waals surface area contributed by atoms with Gasteiger partial charge in [0, 0.05) is 26.6 Å². The van der Waals surface area contributed by atoms with Gasteiger partial charge in [-0.15, -0.1) is 0 Å². The molecular formula is C9H20N2O2. The quantitative estimate of drug-likeness (QED) is 0.648. The third-order valence-corrected chi connectivity index (χ3v) is 1.74. The number of nitrogens with zero attached hydrogens (tertiary/aromatic N) is 2. The van der Waals surface area contributed by atoms with Crippen LogP contribution >= 0.6 is 0 Å². The summed E-state index contributed by atoms with van der Waals surface area (Å²) in [6.45, 7) is 2.84. The van der Waals surface area contributed by atoms with Gasteiger partial charge in [0.25, 0.3) is 0 Å². The molecule has 0 aromatic rings. The maximum absolute atomic E-state index is 11.4. The van der Waals surface area contributed by atoms with Crippen molar-refractivity contribution in [3.05, 3.63) is 0 Å². The molecule has 0 heterocycles. The molecule has 13 heavy (non-hydrogen) atoms. The van der Waals surface area contributed by atoms with Crippen LogP contribution in [0.2, 0.25) is 0 Å². The molecule has 0 rings (SSSR count). The van der Waals surface area contributed by atoms with Crippen molar-refractivity contribution in [2.24, 2.45) is 0 Å². The van der Waals surface area contributed by atoms with Crippen LogP contribution in [0.15, 0.2) is 0 Å². The van der Waals surface area contributed by atoms with Crippen molar-refractivity contribution in [1.29, 1.82) is 0 Å². The summed E-state index contributed by atoms with van der Waals surface area (Å²) in [6, 6.07) is 0. The highest BCUT2D eigenvalue weighted by atomic mass is 16.3. The average Bonchev–Trinajstić information content (AvgIpc) is 1.98. The molecule has 4 heteroatoms. The van der Waals surface area contributed by atoms with Crippen molar-refractivity contribution in [1.82, 2.24) is 9.80 Å². The van der Waals surface area contributed by atoms with E-state index >= 15 is 0 Å². The van der Waals surface area contributed by atoms with E-state index < -0.39 is 6.10 Å². The van der Waals surface area contributed by atoms with E-state index in [-0.39, 0.29) is 5.91 Å². The lowest BCUT2D eigenvalue weighted by Crippen LogP contribution is -2.34. The van der Waals surface area contributed by atoms with E-state index in [2.05, 4.69) is 0 Å². The highest BCUT2D eigenvalue weighted by molar-refractivity contribution is 5.76. The van der Waals surface area contributed by atoms with Gasteiger partial charge in [0.05, 0.1) is 6.10 Å². The summed E-state index contributed by atoms with van der Waals surface area (Å²) in [6.07, 6.45) is 0.0595. The Hall–Kier alpha value is -0.610. The van der Waals surface area contributed by atoms with Crippen molar-refractivity contribution >= 4 is 5.91 Å². The lowest BCUT2D eigenvalue weighted by Gasteiger charge is -2.19. The van der Waals surface area contributed by atoms with E-state index in [1.54, 1.807) is 18.9 Å². The molecular weight excluding hydrogens is 168 g/mol. The Balaban J connectivity index is 3.69. The summed E-state index contributed by atoms with van der Waals surface area (Å²) < 4.78 is 0. The molecule has 1 N–H and O–H groups in total. The predicted molar refractivity (Wildman–Crippen MR) is 52.5 cm³/mol. The van der Waals surface area contributed by atoms with Gasteiger partial charge in [0.15, 0.2) is 0 Å². The summed E-state index contributed by atoms with van der Waals surface area (Å²) >= 11 is 0. The molecule has 0 aromatic heterocycles. The fraction of sp³-hybridized carbons (Fsp3) is 0.889. The second-order valence-electron chi connectivity index (χ2n) is 3.68. The highest BCUT2D eigenvalue weighted by Gasteiger charge is 2.10. The Kier molecular flexibility index (Phi) is 5.66. The Morgan fingerprint density at radius 3 is 2.31 bits per heavy atom. The van der Waals surface area contributed by atoms with Crippen LogP contribution in [-0.2, 0) is 4.79 Å². The molecule has 0 radical (unpaired) electrons. The summed E-state index contributed by atoms with van der Waals surface area (Å²) in [5, 5.41) is 9.04. The molecule has 0 saturated heterocycles. The first-order chi connectivity index (χ1) is 5.93. The molecule has 0 aromatic carbocycles. The monoisotopic (exact) mass is 188 g/mol. The molecule has 1 atom stereocenters. The number of aliphatic hydroxyl groups is 1. The normalized spacial score (nSPS) is 13.1. The van der Waals surface area contributed by atoms with Crippen molar-refractivity contribution in [2.75, 3.05) is 34.2 Å². The van der Waals surface area contributed by atoms with Crippen LogP contribution in [0.5, 0.6) is 0 Å². The van der Waals surface area contributed by atoms with Gasteiger partial charge < -0.3 is 14.9 Å². The highest BCUT2D eigenvalue weighted by Crippen LogP contribution is 1.94. The molecule has 0 bridgehead atoms. The van der Waals surface area contributed by atoms with Crippen LogP contribution < -0.4 is 0 Å².